The molecular formula is C19H22O8S2. The van der Waals surface area contributed by atoms with Crippen LogP contribution in [-0.2, 0) is 38.1 Å². The molecule has 0 radical (unpaired) electrons. The Balaban J connectivity index is 1.83. The summed E-state index contributed by atoms with van der Waals surface area (Å²) in [7, 11) is -8.50. The summed E-state index contributed by atoms with van der Waals surface area (Å²) in [4.78, 5) is -0.201. The maximum Gasteiger partial charge on any atom is 0.299 e. The molecule has 158 valence electrons. The summed E-state index contributed by atoms with van der Waals surface area (Å²) in [6.07, 6.45) is -3.23. The minimum absolute atomic E-state index is 0.100. The molecule has 0 bridgehead atoms. The van der Waals surface area contributed by atoms with Crippen LogP contribution in [0.25, 0.3) is 0 Å². The molecule has 1 fully saturated rings. The maximum atomic E-state index is 12.6. The molecule has 0 aliphatic carbocycles. The molecule has 8 nitrogen and oxygen atoms in total. The van der Waals surface area contributed by atoms with Crippen molar-refractivity contribution >= 4 is 20.2 Å². The van der Waals surface area contributed by atoms with Crippen LogP contribution in [0.5, 0.6) is 0 Å². The van der Waals surface area contributed by atoms with Gasteiger partial charge in [0.1, 0.15) is 0 Å². The second-order valence-electron chi connectivity index (χ2n) is 7.10. The number of rotatable bonds is 6. The molecule has 2 aromatic rings. The van der Waals surface area contributed by atoms with Crippen LogP contribution in [0.15, 0.2) is 58.3 Å². The first-order chi connectivity index (χ1) is 13.4. The van der Waals surface area contributed by atoms with Gasteiger partial charge in [0.15, 0.2) is 5.79 Å². The molecule has 2 atom stereocenters. The molecule has 0 aromatic heterocycles. The van der Waals surface area contributed by atoms with Crippen molar-refractivity contribution < 1.29 is 34.7 Å². The molecule has 10 heteroatoms. The Bertz CT molecular complexity index is 985. The Kier molecular flexibility index (Phi) is 5.87. The standard InChI is InChI=1S/C19H22O8S2/c1-13-5-9-15(10-6-13)28(20,21)26-17-18(25-19(3,4)24-17)27-29(22,23)16-11-7-14(2)8-12-16/h5-12,17-18H,1-4H3/t17-,18+. The van der Waals surface area contributed by atoms with E-state index in [4.69, 9.17) is 17.8 Å². The van der Waals surface area contributed by atoms with Gasteiger partial charge in [0, 0.05) is 0 Å². The van der Waals surface area contributed by atoms with Crippen LogP contribution in [0.3, 0.4) is 0 Å². The summed E-state index contributed by atoms with van der Waals surface area (Å²) < 4.78 is 71.3. The van der Waals surface area contributed by atoms with Gasteiger partial charge in [-0.2, -0.15) is 16.8 Å². The lowest BCUT2D eigenvalue weighted by Gasteiger charge is -2.17. The van der Waals surface area contributed by atoms with Crippen LogP contribution in [0.2, 0.25) is 0 Å². The van der Waals surface area contributed by atoms with Crippen LogP contribution in [0, 0.1) is 13.8 Å². The SMILES string of the molecule is Cc1ccc(S(=O)(=O)O[C@H]2OC(C)(C)O[C@H]2OS(=O)(=O)c2ccc(C)cc2)cc1. The normalized spacial score (nSPS) is 21.9. The molecule has 0 N–H and O–H groups in total. The quantitative estimate of drug-likeness (QED) is 0.629. The molecule has 1 aliphatic heterocycles. The van der Waals surface area contributed by atoms with Gasteiger partial charge in [0.05, 0.1) is 9.79 Å². The molecule has 0 spiro atoms. The summed E-state index contributed by atoms with van der Waals surface area (Å²) in [6.45, 7) is 6.61. The van der Waals surface area contributed by atoms with Crippen molar-refractivity contribution in [3.8, 4) is 0 Å². The second-order valence-corrected chi connectivity index (χ2v) is 10.2. The third-order valence-electron chi connectivity index (χ3n) is 4.08. The Morgan fingerprint density at radius 2 is 1.00 bits per heavy atom. The van der Waals surface area contributed by atoms with Crippen molar-refractivity contribution in [2.75, 3.05) is 0 Å². The lowest BCUT2D eigenvalue weighted by Crippen LogP contribution is -2.32. The van der Waals surface area contributed by atoms with Crippen molar-refractivity contribution in [3.05, 3.63) is 59.7 Å². The van der Waals surface area contributed by atoms with Crippen molar-refractivity contribution in [3.63, 3.8) is 0 Å². The number of hydrogen-bond acceptors (Lipinski definition) is 8. The van der Waals surface area contributed by atoms with Gasteiger partial charge in [-0.25, -0.2) is 8.37 Å². The van der Waals surface area contributed by atoms with Gasteiger partial charge >= 0.3 is 0 Å². The fraction of sp³-hybridized carbons (Fsp3) is 0.368. The zero-order chi connectivity index (χ0) is 21.4. The van der Waals surface area contributed by atoms with E-state index in [9.17, 15) is 16.8 Å². The highest BCUT2D eigenvalue weighted by Crippen LogP contribution is 2.33. The van der Waals surface area contributed by atoms with Gasteiger partial charge in [-0.1, -0.05) is 35.4 Å². The molecule has 0 unspecified atom stereocenters. The average molecular weight is 443 g/mol. The molecule has 0 saturated carbocycles. The third kappa shape index (κ3) is 5.21. The predicted molar refractivity (Wildman–Crippen MR) is 103 cm³/mol. The van der Waals surface area contributed by atoms with E-state index in [0.717, 1.165) is 11.1 Å². The highest BCUT2D eigenvalue weighted by molar-refractivity contribution is 7.87. The summed E-state index contributed by atoms with van der Waals surface area (Å²) in [5, 5.41) is 0. The highest BCUT2D eigenvalue weighted by atomic mass is 32.2. The Hall–Kier alpha value is -1.82. The highest BCUT2D eigenvalue weighted by Gasteiger charge is 2.47. The molecule has 1 heterocycles. The Morgan fingerprint density at radius 1 is 0.690 bits per heavy atom. The fourth-order valence-corrected chi connectivity index (χ4v) is 4.52. The zero-order valence-electron chi connectivity index (χ0n) is 16.4. The van der Waals surface area contributed by atoms with E-state index in [2.05, 4.69) is 0 Å². The average Bonchev–Trinajstić information content (AvgIpc) is 2.87. The monoisotopic (exact) mass is 442 g/mol. The van der Waals surface area contributed by atoms with Crippen LogP contribution in [0.4, 0.5) is 0 Å². The van der Waals surface area contributed by atoms with Crippen LogP contribution in [0.1, 0.15) is 25.0 Å². The van der Waals surface area contributed by atoms with Crippen molar-refractivity contribution in [2.24, 2.45) is 0 Å². The number of ether oxygens (including phenoxy) is 2. The van der Waals surface area contributed by atoms with Crippen molar-refractivity contribution in [1.29, 1.82) is 0 Å². The predicted octanol–water partition coefficient (Wildman–Crippen LogP) is 2.85. The molecule has 1 aliphatic rings. The Morgan fingerprint density at radius 3 is 1.31 bits per heavy atom. The molecule has 3 rings (SSSR count). The minimum Gasteiger partial charge on any atom is -0.315 e. The van der Waals surface area contributed by atoms with E-state index >= 15 is 0 Å². The minimum atomic E-state index is -4.25. The number of hydrogen-bond donors (Lipinski definition) is 0. The van der Waals surface area contributed by atoms with Crippen LogP contribution < -0.4 is 0 Å². The number of benzene rings is 2. The van der Waals surface area contributed by atoms with Gasteiger partial charge in [-0.3, -0.25) is 0 Å². The van der Waals surface area contributed by atoms with Gasteiger partial charge in [0.2, 0.25) is 12.6 Å². The fourth-order valence-electron chi connectivity index (χ4n) is 2.60. The smallest absolute Gasteiger partial charge is 0.299 e. The Labute approximate surface area is 170 Å². The summed E-state index contributed by atoms with van der Waals surface area (Å²) in [6, 6.07) is 12.0. The van der Waals surface area contributed by atoms with Crippen LogP contribution in [-0.4, -0.2) is 35.2 Å². The summed E-state index contributed by atoms with van der Waals surface area (Å²) in [5.74, 6) is -1.32. The molecule has 29 heavy (non-hydrogen) atoms. The lowest BCUT2D eigenvalue weighted by atomic mass is 10.2. The molecule has 2 aromatic carbocycles. The molecule has 0 amide bonds. The van der Waals surface area contributed by atoms with Crippen LogP contribution >= 0.6 is 0 Å². The van der Waals surface area contributed by atoms with E-state index in [0.29, 0.717) is 0 Å². The first-order valence-electron chi connectivity index (χ1n) is 8.74. The first-order valence-corrected chi connectivity index (χ1v) is 11.6. The van der Waals surface area contributed by atoms with E-state index in [1.165, 1.54) is 38.1 Å². The van der Waals surface area contributed by atoms with Crippen molar-refractivity contribution in [1.82, 2.24) is 0 Å². The summed E-state index contributed by atoms with van der Waals surface area (Å²) >= 11 is 0. The zero-order valence-corrected chi connectivity index (χ0v) is 18.0. The third-order valence-corrected chi connectivity index (χ3v) is 6.67. The van der Waals surface area contributed by atoms with Gasteiger partial charge < -0.3 is 9.47 Å². The maximum absolute atomic E-state index is 12.6. The topological polar surface area (TPSA) is 105 Å². The summed E-state index contributed by atoms with van der Waals surface area (Å²) in [5.41, 5.74) is 1.74. The van der Waals surface area contributed by atoms with E-state index in [-0.39, 0.29) is 9.79 Å². The molecule has 1 saturated heterocycles. The van der Waals surface area contributed by atoms with Gasteiger partial charge in [0.25, 0.3) is 20.2 Å². The lowest BCUT2D eigenvalue weighted by molar-refractivity contribution is -0.173. The van der Waals surface area contributed by atoms with Gasteiger partial charge in [-0.15, -0.1) is 0 Å². The largest absolute Gasteiger partial charge is 0.315 e. The van der Waals surface area contributed by atoms with Crippen molar-refractivity contribution in [2.45, 2.75) is 55.9 Å². The van der Waals surface area contributed by atoms with E-state index in [1.54, 1.807) is 24.3 Å². The van der Waals surface area contributed by atoms with Gasteiger partial charge in [-0.05, 0) is 52.0 Å². The first kappa shape index (κ1) is 21.9. The second kappa shape index (κ2) is 7.78. The number of aryl methyl sites for hydroxylation is 2. The van der Waals surface area contributed by atoms with E-state index < -0.39 is 38.6 Å². The molecular weight excluding hydrogens is 420 g/mol. The van der Waals surface area contributed by atoms with E-state index in [1.807, 2.05) is 13.8 Å².